The molecule has 106 valence electrons. The van der Waals surface area contributed by atoms with Gasteiger partial charge >= 0.3 is 0 Å². The summed E-state index contributed by atoms with van der Waals surface area (Å²) in [6, 6.07) is 0. The SMILES string of the molecule is CCCNc1cnc(C(=O)NCCc2ncn[nH]2)cn1. The molecule has 0 bridgehead atoms. The first-order valence-corrected chi connectivity index (χ1v) is 6.48. The molecule has 2 rings (SSSR count). The summed E-state index contributed by atoms with van der Waals surface area (Å²) in [6.07, 6.45) is 6.05. The fourth-order valence-corrected chi connectivity index (χ4v) is 1.53. The number of rotatable bonds is 7. The lowest BCUT2D eigenvalue weighted by atomic mass is 10.3. The summed E-state index contributed by atoms with van der Waals surface area (Å²) in [5.74, 6) is 1.15. The number of H-pyrrole nitrogens is 1. The van der Waals surface area contributed by atoms with Crippen LogP contribution >= 0.6 is 0 Å². The van der Waals surface area contributed by atoms with Gasteiger partial charge in [0.2, 0.25) is 0 Å². The predicted octanol–water partition coefficient (Wildman–Crippen LogP) is 0.389. The molecule has 8 nitrogen and oxygen atoms in total. The highest BCUT2D eigenvalue weighted by Gasteiger charge is 2.07. The molecule has 8 heteroatoms. The second kappa shape index (κ2) is 7.17. The number of carbonyl (C=O) groups excluding carboxylic acids is 1. The van der Waals surface area contributed by atoms with Crippen LogP contribution in [0.1, 0.15) is 29.7 Å². The quantitative estimate of drug-likeness (QED) is 0.674. The van der Waals surface area contributed by atoms with Gasteiger partial charge in [0.25, 0.3) is 5.91 Å². The van der Waals surface area contributed by atoms with Gasteiger partial charge in [-0.3, -0.25) is 9.89 Å². The van der Waals surface area contributed by atoms with Crippen LogP contribution in [0.2, 0.25) is 0 Å². The van der Waals surface area contributed by atoms with E-state index in [1.807, 2.05) is 0 Å². The van der Waals surface area contributed by atoms with Crippen molar-refractivity contribution in [3.05, 3.63) is 30.2 Å². The molecule has 3 N–H and O–H groups in total. The third-order valence-corrected chi connectivity index (χ3v) is 2.55. The van der Waals surface area contributed by atoms with Gasteiger partial charge in [-0.05, 0) is 6.42 Å². The van der Waals surface area contributed by atoms with Gasteiger partial charge in [0, 0.05) is 19.5 Å². The van der Waals surface area contributed by atoms with Gasteiger partial charge in [-0.25, -0.2) is 15.0 Å². The van der Waals surface area contributed by atoms with E-state index < -0.39 is 0 Å². The average Bonchev–Trinajstić information content (AvgIpc) is 2.99. The van der Waals surface area contributed by atoms with E-state index >= 15 is 0 Å². The molecule has 0 fully saturated rings. The molecule has 20 heavy (non-hydrogen) atoms. The van der Waals surface area contributed by atoms with Crippen LogP contribution in [0.25, 0.3) is 0 Å². The highest BCUT2D eigenvalue weighted by atomic mass is 16.1. The van der Waals surface area contributed by atoms with Crippen LogP contribution < -0.4 is 10.6 Å². The van der Waals surface area contributed by atoms with Gasteiger partial charge in [-0.2, -0.15) is 5.10 Å². The molecule has 0 aromatic carbocycles. The molecule has 0 atom stereocenters. The minimum Gasteiger partial charge on any atom is -0.369 e. The normalized spacial score (nSPS) is 10.2. The van der Waals surface area contributed by atoms with Gasteiger partial charge in [-0.1, -0.05) is 6.92 Å². The van der Waals surface area contributed by atoms with Crippen molar-refractivity contribution < 1.29 is 4.79 Å². The molecule has 0 radical (unpaired) electrons. The van der Waals surface area contributed by atoms with Crippen LogP contribution in [0.15, 0.2) is 18.7 Å². The highest BCUT2D eigenvalue weighted by molar-refractivity contribution is 5.91. The molecule has 0 unspecified atom stereocenters. The summed E-state index contributed by atoms with van der Waals surface area (Å²) in [5, 5.41) is 12.3. The van der Waals surface area contributed by atoms with Crippen LogP contribution in [0, 0.1) is 0 Å². The third kappa shape index (κ3) is 4.01. The Balaban J connectivity index is 1.79. The van der Waals surface area contributed by atoms with Gasteiger partial charge in [0.15, 0.2) is 0 Å². The van der Waals surface area contributed by atoms with Gasteiger partial charge in [-0.15, -0.1) is 0 Å². The second-order valence-electron chi connectivity index (χ2n) is 4.15. The summed E-state index contributed by atoms with van der Waals surface area (Å²) in [4.78, 5) is 24.0. The maximum absolute atomic E-state index is 11.8. The number of hydrogen-bond donors (Lipinski definition) is 3. The first-order chi connectivity index (χ1) is 9.79. The summed E-state index contributed by atoms with van der Waals surface area (Å²) >= 11 is 0. The van der Waals surface area contributed by atoms with E-state index in [2.05, 4.69) is 42.7 Å². The zero-order valence-electron chi connectivity index (χ0n) is 11.3. The van der Waals surface area contributed by atoms with E-state index in [9.17, 15) is 4.79 Å². The minimum absolute atomic E-state index is 0.251. The van der Waals surface area contributed by atoms with Crippen molar-refractivity contribution in [1.82, 2.24) is 30.5 Å². The summed E-state index contributed by atoms with van der Waals surface area (Å²) in [6.45, 7) is 3.36. The number of aromatic nitrogens is 5. The van der Waals surface area contributed by atoms with Crippen LogP contribution in [0.4, 0.5) is 5.82 Å². The fraction of sp³-hybridized carbons (Fsp3) is 0.417. The predicted molar refractivity (Wildman–Crippen MR) is 73.2 cm³/mol. The Morgan fingerprint density at radius 1 is 1.25 bits per heavy atom. The van der Waals surface area contributed by atoms with E-state index in [1.54, 1.807) is 6.20 Å². The summed E-state index contributed by atoms with van der Waals surface area (Å²) in [7, 11) is 0. The number of nitrogens with zero attached hydrogens (tertiary/aromatic N) is 4. The molecular weight excluding hydrogens is 258 g/mol. The second-order valence-corrected chi connectivity index (χ2v) is 4.15. The lowest BCUT2D eigenvalue weighted by molar-refractivity contribution is 0.0948. The van der Waals surface area contributed by atoms with Crippen molar-refractivity contribution in [2.24, 2.45) is 0 Å². The molecule has 0 saturated carbocycles. The molecule has 1 amide bonds. The largest absolute Gasteiger partial charge is 0.369 e. The highest BCUT2D eigenvalue weighted by Crippen LogP contribution is 2.01. The molecule has 0 aliphatic carbocycles. The molecular formula is C12H17N7O. The monoisotopic (exact) mass is 275 g/mol. The zero-order valence-corrected chi connectivity index (χ0v) is 11.3. The standard InChI is InChI=1S/C12H17N7O/c1-2-4-13-11-7-15-9(6-16-11)12(20)14-5-3-10-17-8-18-19-10/h6-8H,2-5H2,1H3,(H,13,16)(H,14,20)(H,17,18,19). The van der Waals surface area contributed by atoms with Crippen molar-refractivity contribution in [1.29, 1.82) is 0 Å². The lowest BCUT2D eigenvalue weighted by Gasteiger charge is -2.05. The Kier molecular flexibility index (Phi) is 4.99. The van der Waals surface area contributed by atoms with Gasteiger partial charge < -0.3 is 10.6 Å². The third-order valence-electron chi connectivity index (χ3n) is 2.55. The first kappa shape index (κ1) is 13.9. The number of anilines is 1. The van der Waals surface area contributed by atoms with E-state index in [1.165, 1.54) is 12.5 Å². The zero-order chi connectivity index (χ0) is 14.2. The van der Waals surface area contributed by atoms with E-state index in [0.717, 1.165) is 18.8 Å². The summed E-state index contributed by atoms with van der Waals surface area (Å²) < 4.78 is 0. The van der Waals surface area contributed by atoms with Gasteiger partial charge in [0.05, 0.1) is 12.4 Å². The molecule has 2 heterocycles. The molecule has 0 saturated heterocycles. The molecule has 2 aromatic heterocycles. The molecule has 2 aromatic rings. The van der Waals surface area contributed by atoms with Crippen molar-refractivity contribution in [3.63, 3.8) is 0 Å². The smallest absolute Gasteiger partial charge is 0.271 e. The Morgan fingerprint density at radius 2 is 2.15 bits per heavy atom. The molecule has 0 aliphatic heterocycles. The van der Waals surface area contributed by atoms with Crippen LogP contribution in [-0.4, -0.2) is 44.1 Å². The maximum Gasteiger partial charge on any atom is 0.271 e. The Morgan fingerprint density at radius 3 is 2.80 bits per heavy atom. The van der Waals surface area contributed by atoms with Gasteiger partial charge in [0.1, 0.15) is 23.7 Å². The van der Waals surface area contributed by atoms with Crippen LogP contribution in [0.3, 0.4) is 0 Å². The van der Waals surface area contributed by atoms with Crippen molar-refractivity contribution >= 4 is 11.7 Å². The number of amides is 1. The van der Waals surface area contributed by atoms with E-state index in [-0.39, 0.29) is 5.91 Å². The summed E-state index contributed by atoms with van der Waals surface area (Å²) in [5.41, 5.74) is 0.296. The topological polar surface area (TPSA) is 108 Å². The minimum atomic E-state index is -0.251. The Hall–Kier alpha value is -2.51. The van der Waals surface area contributed by atoms with Crippen molar-refractivity contribution in [3.8, 4) is 0 Å². The average molecular weight is 275 g/mol. The fourth-order valence-electron chi connectivity index (χ4n) is 1.53. The molecule has 0 aliphatic rings. The lowest BCUT2D eigenvalue weighted by Crippen LogP contribution is -2.27. The van der Waals surface area contributed by atoms with Crippen LogP contribution in [0.5, 0.6) is 0 Å². The number of carbonyl (C=O) groups is 1. The number of hydrogen-bond acceptors (Lipinski definition) is 6. The first-order valence-electron chi connectivity index (χ1n) is 6.48. The number of aromatic amines is 1. The van der Waals surface area contributed by atoms with E-state index in [4.69, 9.17) is 0 Å². The van der Waals surface area contributed by atoms with E-state index in [0.29, 0.717) is 24.5 Å². The molecule has 0 spiro atoms. The van der Waals surface area contributed by atoms with Crippen molar-refractivity contribution in [2.45, 2.75) is 19.8 Å². The number of nitrogens with one attached hydrogen (secondary N) is 3. The van der Waals surface area contributed by atoms with Crippen LogP contribution in [-0.2, 0) is 6.42 Å². The Bertz CT molecular complexity index is 523. The van der Waals surface area contributed by atoms with Crippen molar-refractivity contribution in [2.75, 3.05) is 18.4 Å². The maximum atomic E-state index is 11.8. The Labute approximate surface area is 116 Å².